The lowest BCUT2D eigenvalue weighted by atomic mass is 9.90. The van der Waals surface area contributed by atoms with Crippen LogP contribution in [-0.2, 0) is 0 Å². The van der Waals surface area contributed by atoms with Crippen molar-refractivity contribution in [2.24, 2.45) is 0 Å². The van der Waals surface area contributed by atoms with E-state index in [0.29, 0.717) is 5.69 Å². The van der Waals surface area contributed by atoms with Gasteiger partial charge in [-0.25, -0.2) is 4.57 Å². The third-order valence-electron chi connectivity index (χ3n) is 9.29. The Morgan fingerprint density at radius 3 is 1.58 bits per heavy atom. The number of hydrogen-bond donors (Lipinski definition) is 1. The highest BCUT2D eigenvalue weighted by Crippen LogP contribution is 2.38. The number of aromatic nitrogens is 2. The summed E-state index contributed by atoms with van der Waals surface area (Å²) in [4.78, 5) is 52.8. The molecule has 0 unspecified atom stereocenters. The number of aromatic amines is 1. The monoisotopic (exact) mass is 620 g/mol. The topological polar surface area (TPSA) is 89.0 Å². The molecular weight excluding hydrogens is 596 g/mol. The van der Waals surface area contributed by atoms with E-state index in [1.54, 1.807) is 12.1 Å². The zero-order chi connectivity index (χ0) is 32.5. The van der Waals surface area contributed by atoms with Gasteiger partial charge in [0, 0.05) is 0 Å². The van der Waals surface area contributed by atoms with Crippen LogP contribution >= 0.6 is 0 Å². The maximum Gasteiger partial charge on any atom is 0.266 e. The molecule has 0 saturated carbocycles. The summed E-state index contributed by atoms with van der Waals surface area (Å²) in [5.74, 6) is 0. The summed E-state index contributed by atoms with van der Waals surface area (Å²) in [6.45, 7) is 0. The molecule has 0 radical (unpaired) electrons. The number of nitrogens with zero attached hydrogens (tertiary/aromatic N) is 1. The first-order valence-electron chi connectivity index (χ1n) is 15.6. The van der Waals surface area contributed by atoms with Gasteiger partial charge in [-0.05, 0) is 97.0 Å². The SMILES string of the molecule is O=c1[nH]c(=O)c2cc3c(=O)n(-c4ccc(/C=C/c5ccc(-c6c7ccccc7cc7cc8ccccc8cc67)cc5)cc4)c(=O)c3cc12. The van der Waals surface area contributed by atoms with E-state index in [2.05, 4.69) is 96.0 Å². The van der Waals surface area contributed by atoms with Crippen LogP contribution in [0, 0.1) is 0 Å². The molecule has 0 saturated heterocycles. The van der Waals surface area contributed by atoms with E-state index in [9.17, 15) is 19.2 Å². The van der Waals surface area contributed by atoms with Crippen molar-refractivity contribution in [3.63, 3.8) is 0 Å². The molecule has 0 atom stereocenters. The molecule has 9 rings (SSSR count). The van der Waals surface area contributed by atoms with Crippen molar-refractivity contribution in [1.82, 2.24) is 9.55 Å². The number of nitrogens with one attached hydrogen (secondary N) is 1. The molecule has 0 amide bonds. The molecule has 1 N–H and O–H groups in total. The van der Waals surface area contributed by atoms with Crippen LogP contribution in [0.5, 0.6) is 0 Å². The number of H-pyrrole nitrogens is 1. The lowest BCUT2D eigenvalue weighted by Gasteiger charge is -2.13. The molecule has 7 aromatic carbocycles. The van der Waals surface area contributed by atoms with E-state index in [1.807, 2.05) is 24.3 Å². The first-order valence-corrected chi connectivity index (χ1v) is 15.6. The number of fused-ring (bicyclic) bond motifs is 5. The summed E-state index contributed by atoms with van der Waals surface area (Å²) in [7, 11) is 0. The minimum atomic E-state index is -0.571. The predicted molar refractivity (Wildman–Crippen MR) is 196 cm³/mol. The molecule has 6 heteroatoms. The van der Waals surface area contributed by atoms with Gasteiger partial charge in [0.1, 0.15) is 0 Å². The van der Waals surface area contributed by atoms with Gasteiger partial charge in [0.05, 0.1) is 27.2 Å². The molecule has 9 aromatic rings. The third-order valence-corrected chi connectivity index (χ3v) is 9.29. The standard InChI is InChI=1S/C42H24N2O4/c45-39-34-22-36-37(23-35(34)40(46)43-39)42(48)44(41(36)47)31-17-13-25(14-18-31)10-9-24-11-15-26(16-12-24)38-32-8-4-3-7-29(32)20-30-19-27-5-1-2-6-28(27)21-33(30)38/h1-23H,(H,43,45,46)/b10-9+. The van der Waals surface area contributed by atoms with Crippen LogP contribution in [0.25, 0.3) is 82.8 Å². The summed E-state index contributed by atoms with van der Waals surface area (Å²) in [6.07, 6.45) is 4.01. The van der Waals surface area contributed by atoms with Crippen molar-refractivity contribution < 1.29 is 0 Å². The summed E-state index contributed by atoms with van der Waals surface area (Å²) >= 11 is 0. The number of rotatable bonds is 4. The molecule has 226 valence electrons. The highest BCUT2D eigenvalue weighted by Gasteiger charge is 2.18. The Balaban J connectivity index is 1.04. The Morgan fingerprint density at radius 2 is 0.958 bits per heavy atom. The molecule has 0 spiro atoms. The zero-order valence-corrected chi connectivity index (χ0v) is 25.4. The van der Waals surface area contributed by atoms with E-state index in [-0.39, 0.29) is 21.5 Å². The normalized spacial score (nSPS) is 12.0. The van der Waals surface area contributed by atoms with Crippen LogP contribution in [0.2, 0.25) is 0 Å². The summed E-state index contributed by atoms with van der Waals surface area (Å²) in [6, 6.07) is 42.1. The van der Waals surface area contributed by atoms with E-state index in [0.717, 1.165) is 21.3 Å². The lowest BCUT2D eigenvalue weighted by Crippen LogP contribution is -2.23. The molecule has 0 bridgehead atoms. The Labute approximate surface area is 271 Å². The fourth-order valence-electron chi connectivity index (χ4n) is 6.89. The van der Waals surface area contributed by atoms with E-state index >= 15 is 0 Å². The Morgan fingerprint density at radius 1 is 0.438 bits per heavy atom. The second-order valence-electron chi connectivity index (χ2n) is 12.1. The van der Waals surface area contributed by atoms with Crippen LogP contribution in [0.1, 0.15) is 11.1 Å². The van der Waals surface area contributed by atoms with Crippen LogP contribution in [0.4, 0.5) is 0 Å². The highest BCUT2D eigenvalue weighted by atomic mass is 16.2. The van der Waals surface area contributed by atoms with E-state index in [4.69, 9.17) is 0 Å². The van der Waals surface area contributed by atoms with E-state index in [1.165, 1.54) is 50.0 Å². The molecule has 0 aliphatic heterocycles. The minimum absolute atomic E-state index is 0.106. The molecule has 0 aliphatic rings. The number of benzene rings is 7. The fourth-order valence-corrected chi connectivity index (χ4v) is 6.89. The molecule has 2 heterocycles. The molecule has 6 nitrogen and oxygen atoms in total. The van der Waals surface area contributed by atoms with Crippen molar-refractivity contribution in [2.75, 3.05) is 0 Å². The first-order chi connectivity index (χ1) is 23.4. The van der Waals surface area contributed by atoms with Crippen molar-refractivity contribution in [3.8, 4) is 16.8 Å². The summed E-state index contributed by atoms with van der Waals surface area (Å²) < 4.78 is 1.08. The highest BCUT2D eigenvalue weighted by molar-refractivity contribution is 6.15. The summed E-state index contributed by atoms with van der Waals surface area (Å²) in [5.41, 5.74) is 2.50. The van der Waals surface area contributed by atoms with Gasteiger partial charge in [-0.2, -0.15) is 0 Å². The maximum absolute atomic E-state index is 13.2. The van der Waals surface area contributed by atoms with Gasteiger partial charge in [0.2, 0.25) is 0 Å². The van der Waals surface area contributed by atoms with Gasteiger partial charge in [-0.15, -0.1) is 0 Å². The minimum Gasteiger partial charge on any atom is -0.288 e. The smallest absolute Gasteiger partial charge is 0.266 e. The quantitative estimate of drug-likeness (QED) is 0.161. The second-order valence-corrected chi connectivity index (χ2v) is 12.1. The largest absolute Gasteiger partial charge is 0.288 e. The van der Waals surface area contributed by atoms with Gasteiger partial charge in [0.25, 0.3) is 22.2 Å². The molecule has 48 heavy (non-hydrogen) atoms. The van der Waals surface area contributed by atoms with Crippen LogP contribution in [0.3, 0.4) is 0 Å². The second kappa shape index (κ2) is 10.4. The van der Waals surface area contributed by atoms with Gasteiger partial charge in [-0.1, -0.05) is 97.1 Å². The maximum atomic E-state index is 13.2. The Bertz CT molecular complexity index is 2930. The number of hydrogen-bond acceptors (Lipinski definition) is 4. The molecular formula is C42H24N2O4. The van der Waals surface area contributed by atoms with E-state index < -0.39 is 22.2 Å². The Kier molecular flexibility index (Phi) is 6.01. The lowest BCUT2D eigenvalue weighted by molar-refractivity contribution is 0.991. The van der Waals surface area contributed by atoms with Crippen LogP contribution in [-0.4, -0.2) is 9.55 Å². The van der Waals surface area contributed by atoms with Crippen molar-refractivity contribution >= 4 is 66.0 Å². The molecule has 2 aromatic heterocycles. The fraction of sp³-hybridized carbons (Fsp3) is 0. The first kappa shape index (κ1) is 27.6. The van der Waals surface area contributed by atoms with Crippen LogP contribution in [0.15, 0.2) is 147 Å². The molecule has 0 aliphatic carbocycles. The molecule has 0 fully saturated rings. The van der Waals surface area contributed by atoms with Gasteiger partial charge in [-0.3, -0.25) is 24.2 Å². The third kappa shape index (κ3) is 4.27. The van der Waals surface area contributed by atoms with Gasteiger partial charge < -0.3 is 0 Å². The van der Waals surface area contributed by atoms with Crippen LogP contribution < -0.4 is 22.2 Å². The predicted octanol–water partition coefficient (Wildman–Crippen LogP) is 7.73. The van der Waals surface area contributed by atoms with Gasteiger partial charge in [0.15, 0.2) is 0 Å². The van der Waals surface area contributed by atoms with Gasteiger partial charge >= 0.3 is 0 Å². The zero-order valence-electron chi connectivity index (χ0n) is 25.4. The average molecular weight is 621 g/mol. The summed E-state index contributed by atoms with van der Waals surface area (Å²) in [5, 5.41) is 7.72. The van der Waals surface area contributed by atoms with Crippen molar-refractivity contribution in [3.05, 3.63) is 180 Å². The van der Waals surface area contributed by atoms with Crippen molar-refractivity contribution in [2.45, 2.75) is 0 Å². The van der Waals surface area contributed by atoms with Crippen molar-refractivity contribution in [1.29, 1.82) is 0 Å². The average Bonchev–Trinajstić information content (AvgIpc) is 3.54. The Hall–Kier alpha value is -6.66.